The van der Waals surface area contributed by atoms with Crippen LogP contribution in [0.25, 0.3) is 0 Å². The highest BCUT2D eigenvalue weighted by Gasteiger charge is 2.28. The molecule has 0 radical (unpaired) electrons. The van der Waals surface area contributed by atoms with Crippen molar-refractivity contribution in [3.63, 3.8) is 0 Å². The van der Waals surface area contributed by atoms with Gasteiger partial charge in [0, 0.05) is 0 Å². The molecule has 86 valence electrons. The van der Waals surface area contributed by atoms with E-state index in [1.54, 1.807) is 0 Å². The topological polar surface area (TPSA) is 93.3 Å². The number of nitro groups is 1. The average Bonchev–Trinajstić information content (AvgIpc) is 2.15. The molecule has 0 spiro atoms. The number of carboxylic acid groups (broad SMARTS) is 1. The average molecular weight is 253 g/mol. The van der Waals surface area contributed by atoms with E-state index in [4.69, 9.17) is 16.7 Å². The van der Waals surface area contributed by atoms with Crippen LogP contribution >= 0.6 is 11.6 Å². The molecular weight excluding hydrogens is 250 g/mol. The molecule has 9 heteroatoms. The molecule has 1 aromatic heterocycles. The summed E-state index contributed by atoms with van der Waals surface area (Å²) in [4.78, 5) is 22.9. The minimum absolute atomic E-state index is 0.428. The fraction of sp³-hybridized carbons (Fsp3) is 0.143. The Balaban J connectivity index is 3.51. The van der Waals surface area contributed by atoms with E-state index in [0.29, 0.717) is 6.07 Å². The fourth-order valence-electron chi connectivity index (χ4n) is 0.982. The third-order valence-corrected chi connectivity index (χ3v) is 1.88. The van der Waals surface area contributed by atoms with Gasteiger partial charge in [-0.3, -0.25) is 10.1 Å². The summed E-state index contributed by atoms with van der Waals surface area (Å²) in [5.41, 5.74) is -2.92. The van der Waals surface area contributed by atoms with E-state index in [9.17, 15) is 23.7 Å². The largest absolute Gasteiger partial charge is 0.477 e. The van der Waals surface area contributed by atoms with Gasteiger partial charge in [-0.25, -0.2) is 18.6 Å². The maximum absolute atomic E-state index is 12.4. The van der Waals surface area contributed by atoms with Gasteiger partial charge >= 0.3 is 11.7 Å². The lowest BCUT2D eigenvalue weighted by molar-refractivity contribution is -0.386. The van der Waals surface area contributed by atoms with E-state index >= 15 is 0 Å². The first-order valence-corrected chi connectivity index (χ1v) is 4.08. The molecule has 0 unspecified atom stereocenters. The van der Waals surface area contributed by atoms with Crippen LogP contribution in [0.4, 0.5) is 14.5 Å². The van der Waals surface area contributed by atoms with Crippen LogP contribution in [0.5, 0.6) is 0 Å². The number of carbonyl (C=O) groups is 1. The second kappa shape index (κ2) is 4.35. The van der Waals surface area contributed by atoms with Crippen LogP contribution in [-0.2, 0) is 0 Å². The normalized spacial score (nSPS) is 10.5. The molecule has 0 saturated heterocycles. The molecule has 0 aliphatic heterocycles. The zero-order valence-electron chi connectivity index (χ0n) is 7.35. The lowest BCUT2D eigenvalue weighted by Gasteiger charge is -2.04. The van der Waals surface area contributed by atoms with Crippen LogP contribution in [-0.4, -0.2) is 21.0 Å². The highest BCUT2D eigenvalue weighted by atomic mass is 35.5. The van der Waals surface area contributed by atoms with E-state index in [0.717, 1.165) is 0 Å². The van der Waals surface area contributed by atoms with Crippen LogP contribution < -0.4 is 0 Å². The van der Waals surface area contributed by atoms with Gasteiger partial charge in [-0.1, -0.05) is 11.6 Å². The summed E-state index contributed by atoms with van der Waals surface area (Å²) in [5, 5.41) is 18.1. The predicted octanol–water partition coefficient (Wildman–Crippen LogP) is 2.28. The molecule has 1 N–H and O–H groups in total. The molecule has 6 nitrogen and oxygen atoms in total. The number of pyridine rings is 1. The third-order valence-electron chi connectivity index (χ3n) is 1.62. The van der Waals surface area contributed by atoms with Gasteiger partial charge in [-0.2, -0.15) is 0 Å². The Kier molecular flexibility index (Phi) is 3.33. The fourth-order valence-corrected chi connectivity index (χ4v) is 1.25. The summed E-state index contributed by atoms with van der Waals surface area (Å²) in [5.74, 6) is -1.60. The van der Waals surface area contributed by atoms with Crippen molar-refractivity contribution >= 4 is 23.3 Å². The van der Waals surface area contributed by atoms with Crippen molar-refractivity contribution in [2.45, 2.75) is 6.43 Å². The van der Waals surface area contributed by atoms with Gasteiger partial charge in [-0.05, 0) is 6.07 Å². The third kappa shape index (κ3) is 2.22. The number of hydrogen-bond donors (Lipinski definition) is 1. The van der Waals surface area contributed by atoms with Crippen LogP contribution in [0.3, 0.4) is 0 Å². The zero-order valence-corrected chi connectivity index (χ0v) is 8.11. The number of alkyl halides is 2. The monoisotopic (exact) mass is 252 g/mol. The highest BCUT2D eigenvalue weighted by Crippen LogP contribution is 2.34. The second-order valence-corrected chi connectivity index (χ2v) is 2.96. The molecule has 1 heterocycles. The Morgan fingerprint density at radius 2 is 2.19 bits per heavy atom. The Labute approximate surface area is 91.6 Å². The van der Waals surface area contributed by atoms with Gasteiger partial charge in [0.1, 0.15) is 5.56 Å². The maximum Gasteiger partial charge on any atom is 0.354 e. The first kappa shape index (κ1) is 12.2. The van der Waals surface area contributed by atoms with Crippen LogP contribution in [0.1, 0.15) is 22.5 Å². The molecule has 1 rings (SSSR count). The van der Waals surface area contributed by atoms with Crippen molar-refractivity contribution in [1.82, 2.24) is 4.98 Å². The summed E-state index contributed by atoms with van der Waals surface area (Å²) in [7, 11) is 0. The standard InChI is InChI=1S/C7H3ClF2N2O4/c8-5-4(12(15)16)2(6(9)10)1-3(11-5)7(13)14/h1,6H,(H,13,14). The van der Waals surface area contributed by atoms with Gasteiger partial charge in [0.25, 0.3) is 6.43 Å². The molecule has 0 aromatic carbocycles. The summed E-state index contributed by atoms with van der Waals surface area (Å²) < 4.78 is 24.9. The molecule has 0 saturated carbocycles. The van der Waals surface area contributed by atoms with Gasteiger partial charge in [-0.15, -0.1) is 0 Å². The van der Waals surface area contributed by atoms with Gasteiger partial charge < -0.3 is 5.11 Å². The molecule has 1 aromatic rings. The summed E-state index contributed by atoms with van der Waals surface area (Å²) in [6.07, 6.45) is -3.21. The first-order chi connectivity index (χ1) is 7.34. The number of aromatic nitrogens is 1. The second-order valence-electron chi connectivity index (χ2n) is 2.60. The van der Waals surface area contributed by atoms with E-state index in [1.807, 2.05) is 0 Å². The Morgan fingerprint density at radius 3 is 2.56 bits per heavy atom. The molecule has 0 amide bonds. The number of rotatable bonds is 3. The molecular formula is C7H3ClF2N2O4. The summed E-state index contributed by atoms with van der Waals surface area (Å²) in [6.45, 7) is 0. The van der Waals surface area contributed by atoms with Crippen LogP contribution in [0.2, 0.25) is 5.15 Å². The van der Waals surface area contributed by atoms with E-state index in [1.165, 1.54) is 0 Å². The molecule has 0 atom stereocenters. The van der Waals surface area contributed by atoms with E-state index in [-0.39, 0.29) is 0 Å². The Hall–Kier alpha value is -1.83. The molecule has 0 bridgehead atoms. The quantitative estimate of drug-likeness (QED) is 0.506. The van der Waals surface area contributed by atoms with Gasteiger partial charge in [0.15, 0.2) is 5.69 Å². The van der Waals surface area contributed by atoms with Crippen LogP contribution in [0.15, 0.2) is 6.07 Å². The Morgan fingerprint density at radius 1 is 1.62 bits per heavy atom. The number of carboxylic acids is 1. The van der Waals surface area contributed by atoms with Crippen molar-refractivity contribution in [1.29, 1.82) is 0 Å². The molecule has 0 fully saturated rings. The van der Waals surface area contributed by atoms with Crippen molar-refractivity contribution in [3.05, 3.63) is 32.6 Å². The number of hydrogen-bond acceptors (Lipinski definition) is 4. The van der Waals surface area contributed by atoms with Gasteiger partial charge in [0.2, 0.25) is 5.15 Å². The van der Waals surface area contributed by atoms with E-state index < -0.39 is 39.4 Å². The van der Waals surface area contributed by atoms with E-state index in [2.05, 4.69) is 4.98 Å². The predicted molar refractivity (Wildman–Crippen MR) is 47.8 cm³/mol. The smallest absolute Gasteiger partial charge is 0.354 e. The number of halogens is 3. The van der Waals surface area contributed by atoms with Crippen molar-refractivity contribution in [2.75, 3.05) is 0 Å². The number of aromatic carboxylic acids is 1. The minimum Gasteiger partial charge on any atom is -0.477 e. The maximum atomic E-state index is 12.4. The highest BCUT2D eigenvalue weighted by molar-refractivity contribution is 6.31. The SMILES string of the molecule is O=C(O)c1cc(C(F)F)c([N+](=O)[O-])c(Cl)n1. The lowest BCUT2D eigenvalue weighted by atomic mass is 10.2. The van der Waals surface area contributed by atoms with Gasteiger partial charge in [0.05, 0.1) is 4.92 Å². The first-order valence-electron chi connectivity index (χ1n) is 3.71. The summed E-state index contributed by atoms with van der Waals surface area (Å²) in [6, 6.07) is 0.428. The van der Waals surface area contributed by atoms with Crippen molar-refractivity contribution in [3.8, 4) is 0 Å². The zero-order chi connectivity index (χ0) is 12.5. The molecule has 0 aliphatic carbocycles. The molecule has 16 heavy (non-hydrogen) atoms. The lowest BCUT2D eigenvalue weighted by Crippen LogP contribution is -2.06. The molecule has 0 aliphatic rings. The van der Waals surface area contributed by atoms with Crippen molar-refractivity contribution < 1.29 is 23.6 Å². The van der Waals surface area contributed by atoms with Crippen LogP contribution in [0, 0.1) is 10.1 Å². The minimum atomic E-state index is -3.21. The number of nitrogens with zero attached hydrogens (tertiary/aromatic N) is 2. The van der Waals surface area contributed by atoms with Crippen molar-refractivity contribution in [2.24, 2.45) is 0 Å². The summed E-state index contributed by atoms with van der Waals surface area (Å²) >= 11 is 5.27. The Bertz CT molecular complexity index is 466.